The zero-order valence-electron chi connectivity index (χ0n) is 20.7. The number of aromatic nitrogens is 1. The van der Waals surface area contributed by atoms with E-state index in [-0.39, 0.29) is 33.6 Å². The predicted molar refractivity (Wildman–Crippen MR) is 139 cm³/mol. The Morgan fingerprint density at radius 2 is 1.78 bits per heavy atom. The molecule has 1 amide bonds. The first-order valence-electron chi connectivity index (χ1n) is 11.7. The van der Waals surface area contributed by atoms with Gasteiger partial charge < -0.3 is 15.7 Å². The highest BCUT2D eigenvalue weighted by Gasteiger charge is 2.29. The minimum absolute atomic E-state index is 0.0140. The fourth-order valence-corrected chi connectivity index (χ4v) is 6.54. The van der Waals surface area contributed by atoms with Gasteiger partial charge in [0.05, 0.1) is 17.8 Å². The maximum absolute atomic E-state index is 13.8. The van der Waals surface area contributed by atoms with Crippen LogP contribution >= 0.6 is 11.3 Å². The number of anilines is 1. The highest BCUT2D eigenvalue weighted by Crippen LogP contribution is 2.27. The minimum atomic E-state index is -4.20. The van der Waals surface area contributed by atoms with Crippen LogP contribution < -0.4 is 15.4 Å². The van der Waals surface area contributed by atoms with Gasteiger partial charge in [0, 0.05) is 26.1 Å². The van der Waals surface area contributed by atoms with Crippen molar-refractivity contribution in [1.29, 1.82) is 0 Å². The van der Waals surface area contributed by atoms with Crippen LogP contribution in [0, 0.1) is 18.6 Å². The molecule has 0 aliphatic rings. The summed E-state index contributed by atoms with van der Waals surface area (Å²) in [6.07, 6.45) is -0.526. The number of nitrogens with one attached hydrogen (secondary N) is 3. The number of amides is 1. The number of aliphatic hydroxyl groups is 1. The van der Waals surface area contributed by atoms with Gasteiger partial charge in [-0.25, -0.2) is 26.9 Å². The molecule has 0 spiro atoms. The predicted octanol–water partition coefficient (Wildman–Crippen LogP) is 3.29. The lowest BCUT2D eigenvalue weighted by molar-refractivity contribution is -0.114. The molecule has 0 aliphatic heterocycles. The van der Waals surface area contributed by atoms with Crippen molar-refractivity contribution >= 4 is 32.4 Å². The molecule has 8 nitrogen and oxygen atoms in total. The Labute approximate surface area is 219 Å². The molecular weight excluding hydrogens is 522 g/mol. The molecule has 0 bridgehead atoms. The number of halogens is 2. The molecule has 2 aromatic carbocycles. The van der Waals surface area contributed by atoms with Crippen LogP contribution in [-0.4, -0.2) is 43.1 Å². The maximum Gasteiger partial charge on any atom is 0.252 e. The molecule has 37 heavy (non-hydrogen) atoms. The Balaban J connectivity index is 1.80. The van der Waals surface area contributed by atoms with Gasteiger partial charge in [0.2, 0.25) is 5.91 Å². The Morgan fingerprint density at radius 3 is 2.43 bits per heavy atom. The van der Waals surface area contributed by atoms with Gasteiger partial charge in [0.15, 0.2) is 9.34 Å². The van der Waals surface area contributed by atoms with E-state index in [4.69, 9.17) is 0 Å². The molecule has 2 atom stereocenters. The van der Waals surface area contributed by atoms with E-state index in [0.717, 1.165) is 47.1 Å². The van der Waals surface area contributed by atoms with Crippen molar-refractivity contribution in [3.8, 4) is 0 Å². The number of sulfonamides is 1. The summed E-state index contributed by atoms with van der Waals surface area (Å²) in [4.78, 5) is 15.4. The highest BCUT2D eigenvalue weighted by molar-refractivity contribution is 7.91. The smallest absolute Gasteiger partial charge is 0.252 e. The second-order valence-electron chi connectivity index (χ2n) is 8.65. The molecule has 12 heteroatoms. The number of carbonyl (C=O) groups is 1. The van der Waals surface area contributed by atoms with Gasteiger partial charge in [-0.3, -0.25) is 4.79 Å². The molecule has 0 unspecified atom stereocenters. The third kappa shape index (κ3) is 8.37. The molecule has 0 saturated carbocycles. The van der Waals surface area contributed by atoms with Crippen LogP contribution in [0.4, 0.5) is 13.9 Å². The first-order chi connectivity index (χ1) is 17.5. The van der Waals surface area contributed by atoms with Crippen LogP contribution in [-0.2, 0) is 34.2 Å². The third-order valence-corrected chi connectivity index (χ3v) is 8.68. The van der Waals surface area contributed by atoms with E-state index in [1.165, 1.54) is 13.8 Å². The van der Waals surface area contributed by atoms with Gasteiger partial charge in [0.25, 0.3) is 10.0 Å². The lowest BCUT2D eigenvalue weighted by atomic mass is 10.0. The number of nitrogens with zero attached hydrogens (tertiary/aromatic N) is 1. The quantitative estimate of drug-likeness (QED) is 0.274. The van der Waals surface area contributed by atoms with E-state index in [2.05, 4.69) is 20.3 Å². The average molecular weight is 553 g/mol. The summed E-state index contributed by atoms with van der Waals surface area (Å²) >= 11 is 0.767. The molecule has 0 aliphatic carbocycles. The first kappa shape index (κ1) is 28.8. The van der Waals surface area contributed by atoms with Crippen LogP contribution in [0.25, 0.3) is 0 Å². The molecule has 4 N–H and O–H groups in total. The standard InChI is InChI=1S/C25H30F2N4O4S2/c1-4-17-6-5-7-18(8-17)13-28-14-23(33)22(11-19-9-20(26)12-21(27)10-19)31-37(34,35)24-15(2)29-25(36-24)30-16(3)32/h5-10,12,22-23,28,31,33H,4,11,13-14H2,1-3H3,(H,29,30,32)/t22-,23+/m1/s1. The van der Waals surface area contributed by atoms with E-state index in [9.17, 15) is 27.1 Å². The normalized spacial score (nSPS) is 13.4. The van der Waals surface area contributed by atoms with Crippen molar-refractivity contribution in [2.45, 2.75) is 56.5 Å². The average Bonchev–Trinajstić information content (AvgIpc) is 3.18. The van der Waals surface area contributed by atoms with Gasteiger partial charge in [-0.1, -0.05) is 42.5 Å². The fourth-order valence-electron chi connectivity index (χ4n) is 3.79. The fraction of sp³-hybridized carbons (Fsp3) is 0.360. The summed E-state index contributed by atoms with van der Waals surface area (Å²) in [5.41, 5.74) is 2.51. The lowest BCUT2D eigenvalue weighted by Crippen LogP contribution is -2.48. The van der Waals surface area contributed by atoms with Crippen molar-refractivity contribution in [2.75, 3.05) is 11.9 Å². The Morgan fingerprint density at radius 1 is 1.11 bits per heavy atom. The van der Waals surface area contributed by atoms with Crippen LogP contribution in [0.1, 0.15) is 36.2 Å². The van der Waals surface area contributed by atoms with Gasteiger partial charge in [-0.05, 0) is 48.6 Å². The second-order valence-corrected chi connectivity index (χ2v) is 11.6. The number of thiazole rings is 1. The zero-order chi connectivity index (χ0) is 27.2. The Kier molecular flexibility index (Phi) is 9.85. The molecule has 1 heterocycles. The second kappa shape index (κ2) is 12.7. The van der Waals surface area contributed by atoms with Crippen molar-refractivity contribution in [3.63, 3.8) is 0 Å². The zero-order valence-corrected chi connectivity index (χ0v) is 22.3. The van der Waals surface area contributed by atoms with Crippen LogP contribution in [0.5, 0.6) is 0 Å². The monoisotopic (exact) mass is 552 g/mol. The molecule has 0 fully saturated rings. The summed E-state index contributed by atoms with van der Waals surface area (Å²) in [5, 5.41) is 16.6. The third-order valence-electron chi connectivity index (χ3n) is 5.51. The van der Waals surface area contributed by atoms with Crippen LogP contribution in [0.3, 0.4) is 0 Å². The number of carbonyl (C=O) groups excluding carboxylic acids is 1. The topological polar surface area (TPSA) is 120 Å². The number of rotatable bonds is 12. The molecule has 200 valence electrons. The number of benzene rings is 2. The maximum atomic E-state index is 13.8. The summed E-state index contributed by atoms with van der Waals surface area (Å²) < 4.78 is 56.4. The van der Waals surface area contributed by atoms with Gasteiger partial charge in [0.1, 0.15) is 11.6 Å². The summed E-state index contributed by atoms with van der Waals surface area (Å²) in [6.45, 7) is 5.26. The number of aliphatic hydroxyl groups excluding tert-OH is 1. The summed E-state index contributed by atoms with van der Waals surface area (Å²) in [5.74, 6) is -2.01. The minimum Gasteiger partial charge on any atom is -0.390 e. The summed E-state index contributed by atoms with van der Waals surface area (Å²) in [6, 6.07) is 9.71. The largest absolute Gasteiger partial charge is 0.390 e. The van der Waals surface area contributed by atoms with Crippen molar-refractivity contribution in [3.05, 3.63) is 76.5 Å². The van der Waals surface area contributed by atoms with Crippen molar-refractivity contribution in [2.24, 2.45) is 0 Å². The number of hydrogen-bond donors (Lipinski definition) is 4. The highest BCUT2D eigenvalue weighted by atomic mass is 32.2. The summed E-state index contributed by atoms with van der Waals surface area (Å²) in [7, 11) is -4.20. The number of hydrogen-bond acceptors (Lipinski definition) is 7. The first-order valence-corrected chi connectivity index (χ1v) is 14.0. The van der Waals surface area contributed by atoms with E-state index in [1.807, 2.05) is 31.2 Å². The SMILES string of the molecule is CCc1cccc(CNC[C@H](O)[C@@H](Cc2cc(F)cc(F)c2)NS(=O)(=O)c2sc(NC(C)=O)nc2C)c1. The molecule has 1 aromatic heterocycles. The molecule has 3 rings (SSSR count). The van der Waals surface area contributed by atoms with Crippen LogP contribution in [0.15, 0.2) is 46.7 Å². The number of aryl methyl sites for hydroxylation is 2. The molecule has 0 saturated heterocycles. The van der Waals surface area contributed by atoms with Gasteiger partial charge in [-0.15, -0.1) is 0 Å². The van der Waals surface area contributed by atoms with Gasteiger partial charge >= 0.3 is 0 Å². The van der Waals surface area contributed by atoms with Gasteiger partial charge in [-0.2, -0.15) is 0 Å². The molecular formula is C25H30F2N4O4S2. The van der Waals surface area contributed by atoms with Crippen molar-refractivity contribution < 1.29 is 27.1 Å². The van der Waals surface area contributed by atoms with E-state index in [0.29, 0.717) is 6.54 Å². The van der Waals surface area contributed by atoms with E-state index >= 15 is 0 Å². The molecule has 3 aromatic rings. The Hall–Kier alpha value is -2.77. The van der Waals surface area contributed by atoms with E-state index in [1.54, 1.807) is 0 Å². The Bertz CT molecular complexity index is 1330. The van der Waals surface area contributed by atoms with E-state index < -0.39 is 39.7 Å². The lowest BCUT2D eigenvalue weighted by Gasteiger charge is -2.24. The van der Waals surface area contributed by atoms with Crippen LogP contribution in [0.2, 0.25) is 0 Å². The van der Waals surface area contributed by atoms with Crippen molar-refractivity contribution in [1.82, 2.24) is 15.0 Å². The molecule has 0 radical (unpaired) electrons.